The van der Waals surface area contributed by atoms with Crippen LogP contribution in [0.15, 0.2) is 29.6 Å². The first-order valence-corrected chi connectivity index (χ1v) is 6.23. The molecule has 94 valence electrons. The van der Waals surface area contributed by atoms with Gasteiger partial charge in [0.15, 0.2) is 0 Å². The van der Waals surface area contributed by atoms with Gasteiger partial charge in [-0.2, -0.15) is 0 Å². The van der Waals surface area contributed by atoms with Crippen LogP contribution >= 0.6 is 11.3 Å². The topological polar surface area (TPSA) is 68.0 Å². The molecule has 0 aliphatic carbocycles. The lowest BCUT2D eigenvalue weighted by molar-refractivity contribution is 0.102. The summed E-state index contributed by atoms with van der Waals surface area (Å²) in [6, 6.07) is 5.76. The van der Waals surface area contributed by atoms with Crippen LogP contribution in [0.25, 0.3) is 0 Å². The first-order valence-electron chi connectivity index (χ1n) is 5.35. The Kier molecular flexibility index (Phi) is 3.69. The number of nitrogens with one attached hydrogen (secondary N) is 1. The summed E-state index contributed by atoms with van der Waals surface area (Å²) >= 11 is 1.31. The van der Waals surface area contributed by atoms with E-state index in [1.54, 1.807) is 24.4 Å². The molecular weight excluding hydrogens is 253 g/mol. The maximum absolute atomic E-state index is 13.3. The van der Waals surface area contributed by atoms with Gasteiger partial charge in [-0.1, -0.05) is 12.1 Å². The molecule has 1 aromatic carbocycles. The van der Waals surface area contributed by atoms with E-state index in [2.05, 4.69) is 10.3 Å². The predicted octanol–water partition coefficient (Wildman–Crippen LogP) is 2.55. The van der Waals surface area contributed by atoms with Gasteiger partial charge in [-0.3, -0.25) is 4.79 Å². The van der Waals surface area contributed by atoms with Crippen molar-refractivity contribution in [2.45, 2.75) is 13.0 Å². The van der Waals surface area contributed by atoms with Gasteiger partial charge < -0.3 is 11.1 Å². The highest BCUT2D eigenvalue weighted by Crippen LogP contribution is 2.18. The summed E-state index contributed by atoms with van der Waals surface area (Å²) in [7, 11) is 0. The van der Waals surface area contributed by atoms with Gasteiger partial charge in [0.2, 0.25) is 0 Å². The summed E-state index contributed by atoms with van der Waals surface area (Å²) in [5.74, 6) is -0.920. The van der Waals surface area contributed by atoms with Crippen molar-refractivity contribution in [1.82, 2.24) is 4.98 Å². The highest BCUT2D eigenvalue weighted by Gasteiger charge is 2.14. The van der Waals surface area contributed by atoms with E-state index >= 15 is 0 Å². The second-order valence-electron chi connectivity index (χ2n) is 3.79. The molecule has 2 aromatic rings. The van der Waals surface area contributed by atoms with E-state index in [1.807, 2.05) is 0 Å². The summed E-state index contributed by atoms with van der Waals surface area (Å²) in [6.07, 6.45) is 0. The van der Waals surface area contributed by atoms with Crippen molar-refractivity contribution in [1.29, 1.82) is 0 Å². The highest BCUT2D eigenvalue weighted by atomic mass is 32.1. The van der Waals surface area contributed by atoms with Crippen LogP contribution in [0.1, 0.15) is 28.5 Å². The number of amides is 1. The van der Waals surface area contributed by atoms with E-state index in [9.17, 15) is 9.18 Å². The lowest BCUT2D eigenvalue weighted by Crippen LogP contribution is -2.14. The standard InChI is InChI=1S/C12H12FN3OS/c1-7(14)12-16-10(6-18-12)11(17)15-9-5-3-2-4-8(9)13/h2-7H,14H2,1H3,(H,15,17). The summed E-state index contributed by atoms with van der Waals surface area (Å²) in [5, 5.41) is 4.75. The monoisotopic (exact) mass is 265 g/mol. The Hall–Kier alpha value is -1.79. The Morgan fingerprint density at radius 2 is 2.22 bits per heavy atom. The normalized spacial score (nSPS) is 12.2. The molecule has 1 amide bonds. The fourth-order valence-corrected chi connectivity index (χ4v) is 2.11. The van der Waals surface area contributed by atoms with Gasteiger partial charge in [0.05, 0.1) is 11.7 Å². The average molecular weight is 265 g/mol. The van der Waals surface area contributed by atoms with Crippen LogP contribution in [0.5, 0.6) is 0 Å². The van der Waals surface area contributed by atoms with Crippen LogP contribution < -0.4 is 11.1 Å². The van der Waals surface area contributed by atoms with Crippen molar-refractivity contribution in [3.05, 3.63) is 46.2 Å². The molecule has 3 N–H and O–H groups in total. The maximum atomic E-state index is 13.3. The quantitative estimate of drug-likeness (QED) is 0.896. The molecule has 0 aliphatic heterocycles. The summed E-state index contributed by atoms with van der Waals surface area (Å²) in [6.45, 7) is 1.79. The molecule has 0 fully saturated rings. The molecule has 1 atom stereocenters. The number of thiazole rings is 1. The van der Waals surface area contributed by atoms with Crippen molar-refractivity contribution in [3.8, 4) is 0 Å². The Bertz CT molecular complexity index is 568. The number of nitrogens with two attached hydrogens (primary N) is 1. The number of hydrogen-bond acceptors (Lipinski definition) is 4. The van der Waals surface area contributed by atoms with E-state index in [0.717, 1.165) is 0 Å². The SMILES string of the molecule is CC(N)c1nc(C(=O)Nc2ccccc2F)cs1. The zero-order valence-electron chi connectivity index (χ0n) is 9.68. The number of carbonyl (C=O) groups is 1. The fraction of sp³-hybridized carbons (Fsp3) is 0.167. The van der Waals surface area contributed by atoms with Gasteiger partial charge >= 0.3 is 0 Å². The van der Waals surface area contributed by atoms with Crippen LogP contribution in [0, 0.1) is 5.82 Å². The maximum Gasteiger partial charge on any atom is 0.275 e. The van der Waals surface area contributed by atoms with E-state index < -0.39 is 11.7 Å². The minimum Gasteiger partial charge on any atom is -0.322 e. The zero-order valence-corrected chi connectivity index (χ0v) is 10.5. The predicted molar refractivity (Wildman–Crippen MR) is 69.1 cm³/mol. The van der Waals surface area contributed by atoms with Gasteiger partial charge in [-0.05, 0) is 19.1 Å². The molecule has 0 saturated heterocycles. The number of aromatic nitrogens is 1. The molecule has 1 unspecified atom stereocenters. The summed E-state index contributed by atoms with van der Waals surface area (Å²) < 4.78 is 13.3. The van der Waals surface area contributed by atoms with Crippen molar-refractivity contribution in [2.24, 2.45) is 5.73 Å². The molecule has 0 bridgehead atoms. The van der Waals surface area contributed by atoms with Crippen molar-refractivity contribution in [2.75, 3.05) is 5.32 Å². The third kappa shape index (κ3) is 2.72. The first kappa shape index (κ1) is 12.7. The van der Waals surface area contributed by atoms with E-state index in [-0.39, 0.29) is 17.4 Å². The Morgan fingerprint density at radius 3 is 2.83 bits per heavy atom. The number of para-hydroxylation sites is 1. The van der Waals surface area contributed by atoms with Crippen molar-refractivity contribution < 1.29 is 9.18 Å². The van der Waals surface area contributed by atoms with Crippen molar-refractivity contribution >= 4 is 22.9 Å². The Balaban J connectivity index is 2.15. The number of nitrogens with zero attached hydrogens (tertiary/aromatic N) is 1. The van der Waals surface area contributed by atoms with Gasteiger partial charge in [-0.15, -0.1) is 11.3 Å². The summed E-state index contributed by atoms with van der Waals surface area (Å²) in [5.41, 5.74) is 6.04. The number of rotatable bonds is 3. The first-order chi connectivity index (χ1) is 8.58. The largest absolute Gasteiger partial charge is 0.322 e. The number of hydrogen-bond donors (Lipinski definition) is 2. The molecule has 6 heteroatoms. The smallest absolute Gasteiger partial charge is 0.275 e. The zero-order chi connectivity index (χ0) is 13.1. The number of anilines is 1. The van der Waals surface area contributed by atoms with Crippen LogP contribution in [0.3, 0.4) is 0 Å². The van der Waals surface area contributed by atoms with Crippen LogP contribution in [-0.2, 0) is 0 Å². The average Bonchev–Trinajstić information content (AvgIpc) is 2.81. The number of halogens is 1. The molecule has 0 spiro atoms. The molecule has 0 saturated carbocycles. The molecule has 4 nitrogen and oxygen atoms in total. The third-order valence-corrected chi connectivity index (χ3v) is 3.31. The molecule has 2 rings (SSSR count). The minimum absolute atomic E-state index is 0.137. The van der Waals surface area contributed by atoms with E-state index in [4.69, 9.17) is 5.73 Å². The highest BCUT2D eigenvalue weighted by molar-refractivity contribution is 7.09. The van der Waals surface area contributed by atoms with Gasteiger partial charge in [-0.25, -0.2) is 9.37 Å². The van der Waals surface area contributed by atoms with E-state index in [0.29, 0.717) is 5.01 Å². The lowest BCUT2D eigenvalue weighted by Gasteiger charge is -2.04. The van der Waals surface area contributed by atoms with Crippen molar-refractivity contribution in [3.63, 3.8) is 0 Å². The fourth-order valence-electron chi connectivity index (χ4n) is 1.35. The van der Waals surface area contributed by atoms with Gasteiger partial charge in [0, 0.05) is 5.38 Å². The molecular formula is C12H12FN3OS. The number of benzene rings is 1. The minimum atomic E-state index is -0.478. The molecule has 18 heavy (non-hydrogen) atoms. The van der Waals surface area contributed by atoms with Crippen LogP contribution in [0.2, 0.25) is 0 Å². The Morgan fingerprint density at radius 1 is 1.50 bits per heavy atom. The van der Waals surface area contributed by atoms with Crippen LogP contribution in [-0.4, -0.2) is 10.9 Å². The second-order valence-corrected chi connectivity index (χ2v) is 4.68. The summed E-state index contributed by atoms with van der Waals surface area (Å²) in [4.78, 5) is 15.9. The molecule has 1 heterocycles. The second kappa shape index (κ2) is 5.24. The van der Waals surface area contributed by atoms with Gasteiger partial charge in [0.1, 0.15) is 16.5 Å². The van der Waals surface area contributed by atoms with E-state index in [1.165, 1.54) is 23.5 Å². The third-order valence-electron chi connectivity index (χ3n) is 2.27. The molecule has 1 aromatic heterocycles. The Labute approximate surface area is 108 Å². The van der Waals surface area contributed by atoms with Crippen LogP contribution in [0.4, 0.5) is 10.1 Å². The lowest BCUT2D eigenvalue weighted by atomic mass is 10.3. The molecule has 0 aliphatic rings. The molecule has 0 radical (unpaired) electrons. The number of carbonyl (C=O) groups excluding carboxylic acids is 1. The van der Waals surface area contributed by atoms with Gasteiger partial charge in [0.25, 0.3) is 5.91 Å².